The van der Waals surface area contributed by atoms with E-state index in [0.29, 0.717) is 23.3 Å². The molecule has 2 heterocycles. The summed E-state index contributed by atoms with van der Waals surface area (Å²) in [7, 11) is 0. The predicted molar refractivity (Wildman–Crippen MR) is 127 cm³/mol. The summed E-state index contributed by atoms with van der Waals surface area (Å²) in [4.78, 5) is 16.2. The second-order valence-corrected chi connectivity index (χ2v) is 9.02. The molecule has 166 valence electrons. The van der Waals surface area contributed by atoms with E-state index in [1.807, 2.05) is 41.3 Å². The lowest BCUT2D eigenvalue weighted by Gasteiger charge is -2.31. The van der Waals surface area contributed by atoms with Gasteiger partial charge in [-0.25, -0.2) is 0 Å². The number of benzene rings is 2. The van der Waals surface area contributed by atoms with Crippen molar-refractivity contribution in [1.82, 2.24) is 25.1 Å². The Labute approximate surface area is 197 Å². The van der Waals surface area contributed by atoms with E-state index < -0.39 is 0 Å². The first-order valence-electron chi connectivity index (χ1n) is 10.7. The maximum absolute atomic E-state index is 12.8. The van der Waals surface area contributed by atoms with E-state index in [4.69, 9.17) is 23.2 Å². The van der Waals surface area contributed by atoms with Crippen LogP contribution in [0.3, 0.4) is 0 Å². The van der Waals surface area contributed by atoms with Crippen LogP contribution in [0.1, 0.15) is 35.4 Å². The summed E-state index contributed by atoms with van der Waals surface area (Å²) in [6.45, 7) is 3.78. The molecule has 1 aliphatic heterocycles. The number of amides is 1. The van der Waals surface area contributed by atoms with Crippen LogP contribution in [0.4, 0.5) is 0 Å². The maximum Gasteiger partial charge on any atom is 0.246 e. The minimum absolute atomic E-state index is 0.0329. The molecule has 0 atom stereocenters. The van der Waals surface area contributed by atoms with Gasteiger partial charge in [-0.3, -0.25) is 4.79 Å². The molecular weight excluding hydrogens is 445 g/mol. The summed E-state index contributed by atoms with van der Waals surface area (Å²) in [5.41, 5.74) is 3.14. The van der Waals surface area contributed by atoms with Gasteiger partial charge in [0.05, 0.1) is 6.54 Å². The average molecular weight is 470 g/mol. The Morgan fingerprint density at radius 1 is 1.09 bits per heavy atom. The van der Waals surface area contributed by atoms with Gasteiger partial charge in [0.2, 0.25) is 5.91 Å². The Balaban J connectivity index is 1.35. The number of hydrogen-bond acceptors (Lipinski definition) is 4. The molecule has 0 aliphatic carbocycles. The van der Waals surface area contributed by atoms with E-state index >= 15 is 0 Å². The molecule has 0 saturated carbocycles. The SMILES string of the molecule is Cc1nnn(Cc2cc(Cl)ccc2/C=C/C(=O)N2CCC(Cc3ccc(Cl)cc3)CC2)n1. The Morgan fingerprint density at radius 2 is 1.81 bits per heavy atom. The van der Waals surface area contributed by atoms with Crippen molar-refractivity contribution in [2.75, 3.05) is 13.1 Å². The van der Waals surface area contributed by atoms with E-state index in [9.17, 15) is 4.79 Å². The smallest absolute Gasteiger partial charge is 0.246 e. The van der Waals surface area contributed by atoms with Crippen molar-refractivity contribution < 1.29 is 4.79 Å². The number of carbonyl (C=O) groups excluding carboxylic acids is 1. The van der Waals surface area contributed by atoms with Gasteiger partial charge in [0.15, 0.2) is 5.82 Å². The molecule has 6 nitrogen and oxygen atoms in total. The van der Waals surface area contributed by atoms with Crippen molar-refractivity contribution in [1.29, 1.82) is 0 Å². The number of nitrogens with zero attached hydrogens (tertiary/aromatic N) is 5. The molecule has 4 rings (SSSR count). The van der Waals surface area contributed by atoms with E-state index in [1.54, 1.807) is 13.0 Å². The molecular formula is C24H25Cl2N5O. The van der Waals surface area contributed by atoms with Crippen molar-refractivity contribution in [3.63, 3.8) is 0 Å². The first kappa shape index (κ1) is 22.5. The fraction of sp³-hybridized carbons (Fsp3) is 0.333. The molecule has 1 aromatic heterocycles. The number of hydrogen-bond donors (Lipinski definition) is 0. The number of halogens is 2. The monoisotopic (exact) mass is 469 g/mol. The zero-order valence-corrected chi connectivity index (χ0v) is 19.4. The highest BCUT2D eigenvalue weighted by Gasteiger charge is 2.21. The highest BCUT2D eigenvalue weighted by molar-refractivity contribution is 6.30. The second kappa shape index (κ2) is 10.3. The first-order chi connectivity index (χ1) is 15.5. The second-order valence-electron chi connectivity index (χ2n) is 8.14. The van der Waals surface area contributed by atoms with Crippen LogP contribution in [-0.2, 0) is 17.8 Å². The fourth-order valence-corrected chi connectivity index (χ4v) is 4.32. The summed E-state index contributed by atoms with van der Waals surface area (Å²) < 4.78 is 0. The van der Waals surface area contributed by atoms with Crippen LogP contribution in [0.5, 0.6) is 0 Å². The topological polar surface area (TPSA) is 63.9 Å². The molecule has 0 radical (unpaired) electrons. The van der Waals surface area contributed by atoms with Crippen LogP contribution in [-0.4, -0.2) is 44.1 Å². The Bertz CT molecular complexity index is 1100. The van der Waals surface area contributed by atoms with Crippen molar-refractivity contribution >= 4 is 35.2 Å². The molecule has 0 spiro atoms. The number of likely N-dealkylation sites (tertiary alicyclic amines) is 1. The zero-order chi connectivity index (χ0) is 22.5. The number of rotatable bonds is 6. The minimum atomic E-state index is 0.0329. The van der Waals surface area contributed by atoms with Gasteiger partial charge in [-0.05, 0) is 84.3 Å². The normalized spacial score (nSPS) is 14.9. The Morgan fingerprint density at radius 3 is 2.50 bits per heavy atom. The van der Waals surface area contributed by atoms with Gasteiger partial charge in [0.1, 0.15) is 0 Å². The third-order valence-corrected chi connectivity index (χ3v) is 6.23. The summed E-state index contributed by atoms with van der Waals surface area (Å²) in [5.74, 6) is 1.23. The lowest BCUT2D eigenvalue weighted by molar-refractivity contribution is -0.127. The molecule has 0 unspecified atom stereocenters. The van der Waals surface area contributed by atoms with E-state index in [2.05, 4.69) is 27.5 Å². The Kier molecular flexibility index (Phi) is 7.22. The number of aromatic nitrogens is 4. The zero-order valence-electron chi connectivity index (χ0n) is 17.9. The number of carbonyl (C=O) groups is 1. The third kappa shape index (κ3) is 5.96. The molecule has 1 aliphatic rings. The summed E-state index contributed by atoms with van der Waals surface area (Å²) in [6.07, 6.45) is 6.53. The van der Waals surface area contributed by atoms with Crippen molar-refractivity contribution in [2.45, 2.75) is 32.7 Å². The molecule has 8 heteroatoms. The summed E-state index contributed by atoms with van der Waals surface area (Å²) in [6, 6.07) is 13.6. The lowest BCUT2D eigenvalue weighted by Crippen LogP contribution is -2.37. The van der Waals surface area contributed by atoms with E-state index in [1.165, 1.54) is 10.4 Å². The van der Waals surface area contributed by atoms with Crippen molar-refractivity contribution in [2.24, 2.45) is 5.92 Å². The standard InChI is InChI=1S/C24H25Cl2N5O/c1-17-27-29-31(28-17)16-21-15-23(26)8-4-20(21)5-9-24(32)30-12-10-19(11-13-30)14-18-2-6-22(25)7-3-18/h2-9,15,19H,10-14,16H2,1H3/b9-5+. The highest BCUT2D eigenvalue weighted by atomic mass is 35.5. The molecule has 0 N–H and O–H groups in total. The molecule has 1 saturated heterocycles. The fourth-order valence-electron chi connectivity index (χ4n) is 3.99. The third-order valence-electron chi connectivity index (χ3n) is 5.74. The van der Waals surface area contributed by atoms with E-state index in [0.717, 1.165) is 48.5 Å². The van der Waals surface area contributed by atoms with Gasteiger partial charge in [0.25, 0.3) is 0 Å². The van der Waals surface area contributed by atoms with Gasteiger partial charge in [-0.15, -0.1) is 10.2 Å². The van der Waals surface area contributed by atoms with Gasteiger partial charge < -0.3 is 4.90 Å². The van der Waals surface area contributed by atoms with Gasteiger partial charge in [0, 0.05) is 29.2 Å². The quantitative estimate of drug-likeness (QED) is 0.484. The Hall–Kier alpha value is -2.70. The van der Waals surface area contributed by atoms with Crippen LogP contribution in [0.2, 0.25) is 10.0 Å². The molecule has 1 amide bonds. The van der Waals surface area contributed by atoms with Crippen LogP contribution in [0, 0.1) is 12.8 Å². The lowest BCUT2D eigenvalue weighted by atomic mass is 9.90. The number of tetrazole rings is 1. The maximum atomic E-state index is 12.8. The molecule has 32 heavy (non-hydrogen) atoms. The van der Waals surface area contributed by atoms with Gasteiger partial charge in [-0.2, -0.15) is 4.80 Å². The predicted octanol–water partition coefficient (Wildman–Crippen LogP) is 4.83. The number of piperidine rings is 1. The largest absolute Gasteiger partial charge is 0.339 e. The summed E-state index contributed by atoms with van der Waals surface area (Å²) in [5, 5.41) is 13.5. The van der Waals surface area contributed by atoms with Crippen LogP contribution >= 0.6 is 23.2 Å². The molecule has 3 aromatic rings. The molecule has 1 fully saturated rings. The summed E-state index contributed by atoms with van der Waals surface area (Å²) >= 11 is 12.2. The van der Waals surface area contributed by atoms with Crippen LogP contribution in [0.25, 0.3) is 6.08 Å². The molecule has 2 aromatic carbocycles. The van der Waals surface area contributed by atoms with E-state index in [-0.39, 0.29) is 5.91 Å². The van der Waals surface area contributed by atoms with Crippen molar-refractivity contribution in [3.8, 4) is 0 Å². The molecule has 0 bridgehead atoms. The van der Waals surface area contributed by atoms with Crippen molar-refractivity contribution in [3.05, 3.63) is 81.1 Å². The van der Waals surface area contributed by atoms with Gasteiger partial charge in [-0.1, -0.05) is 41.4 Å². The van der Waals surface area contributed by atoms with Crippen LogP contribution < -0.4 is 0 Å². The first-order valence-corrected chi connectivity index (χ1v) is 11.5. The minimum Gasteiger partial charge on any atom is -0.339 e. The highest BCUT2D eigenvalue weighted by Crippen LogP contribution is 2.23. The van der Waals surface area contributed by atoms with Gasteiger partial charge >= 0.3 is 0 Å². The average Bonchev–Trinajstić information content (AvgIpc) is 3.19. The van der Waals surface area contributed by atoms with Crippen LogP contribution in [0.15, 0.2) is 48.5 Å². The number of aryl methyl sites for hydroxylation is 1.